The van der Waals surface area contributed by atoms with Gasteiger partial charge in [0.05, 0.1) is 26.4 Å². The van der Waals surface area contributed by atoms with Gasteiger partial charge in [-0.25, -0.2) is 0 Å². The predicted molar refractivity (Wildman–Crippen MR) is 154 cm³/mol. The third kappa shape index (κ3) is 7.33. The van der Waals surface area contributed by atoms with Crippen molar-refractivity contribution in [2.75, 3.05) is 13.2 Å². The van der Waals surface area contributed by atoms with Gasteiger partial charge in [-0.2, -0.15) is 0 Å². The van der Waals surface area contributed by atoms with E-state index < -0.39 is 72.9 Å². The highest BCUT2D eigenvalue weighted by Gasteiger charge is 2.60. The van der Waals surface area contributed by atoms with Crippen LogP contribution in [-0.2, 0) is 65.4 Å². The summed E-state index contributed by atoms with van der Waals surface area (Å²) in [4.78, 5) is 12.4. The van der Waals surface area contributed by atoms with Gasteiger partial charge in [0.1, 0.15) is 36.6 Å². The molecule has 0 saturated carbocycles. The van der Waals surface area contributed by atoms with Crippen molar-refractivity contribution in [2.24, 2.45) is 0 Å². The molecular formula is C33H42O11. The van der Waals surface area contributed by atoms with Crippen LogP contribution < -0.4 is 0 Å². The van der Waals surface area contributed by atoms with Crippen LogP contribution in [0.4, 0.5) is 0 Å². The highest BCUT2D eigenvalue weighted by Crippen LogP contribution is 2.43. The van der Waals surface area contributed by atoms with E-state index in [1.54, 1.807) is 0 Å². The Bertz CT molecular complexity index is 1240. The summed E-state index contributed by atoms with van der Waals surface area (Å²) in [6.45, 7) is 9.68. The van der Waals surface area contributed by atoms with Crippen molar-refractivity contribution < 1.29 is 52.2 Å². The van der Waals surface area contributed by atoms with Crippen LogP contribution in [0.1, 0.15) is 45.7 Å². The van der Waals surface area contributed by atoms with Gasteiger partial charge < -0.3 is 47.4 Å². The lowest BCUT2D eigenvalue weighted by Gasteiger charge is -2.43. The van der Waals surface area contributed by atoms with E-state index in [1.807, 2.05) is 88.4 Å². The van der Waals surface area contributed by atoms with Crippen LogP contribution in [0, 0.1) is 0 Å². The van der Waals surface area contributed by atoms with Gasteiger partial charge in [-0.15, -0.1) is 0 Å². The number of rotatable bonds is 10. The van der Waals surface area contributed by atoms with E-state index in [0.29, 0.717) is 13.2 Å². The molecule has 0 bridgehead atoms. The summed E-state index contributed by atoms with van der Waals surface area (Å²) in [5.74, 6) is -2.11. The van der Waals surface area contributed by atoms with Crippen LogP contribution in [0.15, 0.2) is 60.7 Å². The second kappa shape index (κ2) is 13.1. The molecule has 4 aliphatic heterocycles. The fourth-order valence-corrected chi connectivity index (χ4v) is 6.05. The number of carbonyl (C=O) groups is 1. The van der Waals surface area contributed by atoms with Crippen molar-refractivity contribution in [2.45, 2.75) is 115 Å². The fraction of sp³-hybridized carbons (Fsp3) is 0.606. The lowest BCUT2D eigenvalue weighted by molar-refractivity contribution is -0.317. The Kier molecular flexibility index (Phi) is 9.40. The van der Waals surface area contributed by atoms with Crippen LogP contribution in [0.3, 0.4) is 0 Å². The third-order valence-electron chi connectivity index (χ3n) is 7.99. The maximum absolute atomic E-state index is 12.4. The lowest BCUT2D eigenvalue weighted by atomic mass is 10.0. The van der Waals surface area contributed by atoms with Crippen LogP contribution in [0.2, 0.25) is 0 Å². The molecular weight excluding hydrogens is 572 g/mol. The summed E-state index contributed by atoms with van der Waals surface area (Å²) in [6, 6.07) is 19.5. The lowest BCUT2D eigenvalue weighted by Crippen LogP contribution is -2.59. The molecule has 240 valence electrons. The summed E-state index contributed by atoms with van der Waals surface area (Å²) in [6.07, 6.45) is -6.17. The highest BCUT2D eigenvalue weighted by molar-refractivity contribution is 5.66. The number of ether oxygens (including phenoxy) is 10. The molecule has 0 N–H and O–H groups in total. The third-order valence-corrected chi connectivity index (χ3v) is 7.99. The minimum Gasteiger partial charge on any atom is -0.457 e. The second-order valence-electron chi connectivity index (χ2n) is 12.4. The molecule has 6 rings (SSSR count). The molecule has 2 aromatic rings. The maximum Gasteiger partial charge on any atom is 0.303 e. The maximum atomic E-state index is 12.4. The first-order chi connectivity index (χ1) is 21.1. The van der Waals surface area contributed by atoms with E-state index in [4.69, 9.17) is 47.4 Å². The van der Waals surface area contributed by atoms with Crippen LogP contribution in [0.25, 0.3) is 0 Å². The molecule has 0 spiro atoms. The molecule has 4 aliphatic rings. The van der Waals surface area contributed by atoms with E-state index in [2.05, 4.69) is 0 Å². The Morgan fingerprint density at radius 1 is 0.773 bits per heavy atom. The van der Waals surface area contributed by atoms with E-state index >= 15 is 0 Å². The molecule has 0 amide bonds. The van der Waals surface area contributed by atoms with Crippen molar-refractivity contribution in [1.29, 1.82) is 0 Å². The van der Waals surface area contributed by atoms with Gasteiger partial charge in [-0.1, -0.05) is 60.7 Å². The molecule has 2 aromatic carbocycles. The van der Waals surface area contributed by atoms with Gasteiger partial charge in [0, 0.05) is 6.92 Å². The molecule has 0 radical (unpaired) electrons. The van der Waals surface area contributed by atoms with Crippen molar-refractivity contribution >= 4 is 5.97 Å². The van der Waals surface area contributed by atoms with Crippen molar-refractivity contribution in [1.82, 2.24) is 0 Å². The Morgan fingerprint density at radius 2 is 1.43 bits per heavy atom. The number of esters is 1. The standard InChI is InChI=1S/C33H42O11/c1-20(34)39-25-23(35-16-21-12-8-6-9-13-21)18-37-30(28(25)36-17-22-14-10-7-11-15-22)41-27-26(24-19-38-32(2,3)42-24)40-31-29(27)43-33(4,5)44-31/h6-15,23-31H,16-19H2,1-5H3/t23-,24?,25?,26-,27?,28?,29?,30-,31-/m1/s1. The minimum absolute atomic E-state index is 0.103. The average Bonchev–Trinajstić information content (AvgIpc) is 3.61. The van der Waals surface area contributed by atoms with Gasteiger partial charge in [-0.05, 0) is 38.8 Å². The zero-order valence-corrected chi connectivity index (χ0v) is 25.8. The fourth-order valence-electron chi connectivity index (χ4n) is 6.05. The quantitative estimate of drug-likeness (QED) is 0.364. The second-order valence-corrected chi connectivity index (χ2v) is 12.4. The molecule has 0 aromatic heterocycles. The Labute approximate surface area is 257 Å². The van der Waals surface area contributed by atoms with Gasteiger partial charge in [0.25, 0.3) is 0 Å². The number of fused-ring (bicyclic) bond motifs is 1. The number of hydrogen-bond acceptors (Lipinski definition) is 11. The monoisotopic (exact) mass is 614 g/mol. The van der Waals surface area contributed by atoms with Crippen molar-refractivity contribution in [3.63, 3.8) is 0 Å². The molecule has 44 heavy (non-hydrogen) atoms. The zero-order chi connectivity index (χ0) is 30.9. The van der Waals surface area contributed by atoms with Gasteiger partial charge in [-0.3, -0.25) is 4.79 Å². The average molecular weight is 615 g/mol. The van der Waals surface area contributed by atoms with Crippen molar-refractivity contribution in [3.8, 4) is 0 Å². The SMILES string of the molecule is CC(=O)OC1C(OCc2ccccc2)[C@@H](OC2C3OC(C)(C)O[C@H]3O[C@@H]2C2COC(C)(C)O2)OC[C@H]1OCc1ccccc1. The van der Waals surface area contributed by atoms with E-state index in [0.717, 1.165) is 11.1 Å². The number of benzene rings is 2. The number of hydrogen-bond donors (Lipinski definition) is 0. The first-order valence-electron chi connectivity index (χ1n) is 15.2. The summed E-state index contributed by atoms with van der Waals surface area (Å²) < 4.78 is 62.3. The van der Waals surface area contributed by atoms with Crippen LogP contribution in [0.5, 0.6) is 0 Å². The molecule has 11 heteroatoms. The Balaban J connectivity index is 1.26. The molecule has 0 aliphatic carbocycles. The van der Waals surface area contributed by atoms with E-state index in [1.165, 1.54) is 6.92 Å². The first-order valence-corrected chi connectivity index (χ1v) is 15.2. The predicted octanol–water partition coefficient (Wildman–Crippen LogP) is 3.86. The summed E-state index contributed by atoms with van der Waals surface area (Å²) >= 11 is 0. The van der Waals surface area contributed by atoms with E-state index in [9.17, 15) is 4.79 Å². The Hall–Kier alpha value is -2.45. The molecule has 9 atom stereocenters. The minimum atomic E-state index is -0.961. The van der Waals surface area contributed by atoms with Gasteiger partial charge in [0.2, 0.25) is 0 Å². The topological polar surface area (TPSA) is 109 Å². The Morgan fingerprint density at radius 3 is 2.05 bits per heavy atom. The largest absolute Gasteiger partial charge is 0.457 e. The summed E-state index contributed by atoms with van der Waals surface area (Å²) in [5.41, 5.74) is 1.92. The van der Waals surface area contributed by atoms with Crippen LogP contribution >= 0.6 is 0 Å². The molecule has 5 unspecified atom stereocenters. The van der Waals surface area contributed by atoms with E-state index in [-0.39, 0.29) is 13.2 Å². The molecule has 4 saturated heterocycles. The van der Waals surface area contributed by atoms with Gasteiger partial charge in [0.15, 0.2) is 30.3 Å². The molecule has 4 fully saturated rings. The van der Waals surface area contributed by atoms with Crippen LogP contribution in [-0.4, -0.2) is 86.1 Å². The summed E-state index contributed by atoms with van der Waals surface area (Å²) in [5, 5.41) is 0. The normalized spacial score (nSPS) is 35.8. The number of carbonyl (C=O) groups excluding carboxylic acids is 1. The molecule has 4 heterocycles. The molecule has 11 nitrogen and oxygen atoms in total. The van der Waals surface area contributed by atoms with Gasteiger partial charge >= 0.3 is 5.97 Å². The smallest absolute Gasteiger partial charge is 0.303 e. The summed E-state index contributed by atoms with van der Waals surface area (Å²) in [7, 11) is 0. The zero-order valence-electron chi connectivity index (χ0n) is 25.8. The highest BCUT2D eigenvalue weighted by atomic mass is 16.9. The first kappa shape index (κ1) is 31.5. The van der Waals surface area contributed by atoms with Crippen molar-refractivity contribution in [3.05, 3.63) is 71.8 Å².